The average molecular weight is 416 g/mol. The van der Waals surface area contributed by atoms with E-state index in [1.807, 2.05) is 43.3 Å². The molecule has 4 rings (SSSR count). The number of benzene rings is 2. The highest BCUT2D eigenvalue weighted by molar-refractivity contribution is 5.92. The van der Waals surface area contributed by atoms with Crippen LogP contribution in [0.5, 0.6) is 0 Å². The molecule has 0 radical (unpaired) electrons. The molecule has 0 saturated carbocycles. The maximum atomic E-state index is 13.3. The average Bonchev–Trinajstić information content (AvgIpc) is 3.29. The van der Waals surface area contributed by atoms with E-state index in [1.54, 1.807) is 24.5 Å². The van der Waals surface area contributed by atoms with Gasteiger partial charge >= 0.3 is 0 Å². The molecule has 0 aliphatic heterocycles. The van der Waals surface area contributed by atoms with Crippen LogP contribution >= 0.6 is 0 Å². The Labute approximate surface area is 179 Å². The van der Waals surface area contributed by atoms with Gasteiger partial charge in [-0.2, -0.15) is 0 Å². The van der Waals surface area contributed by atoms with Gasteiger partial charge in [0.25, 0.3) is 0 Å². The topological polar surface area (TPSA) is 71.3 Å². The molecule has 2 heterocycles. The summed E-state index contributed by atoms with van der Waals surface area (Å²) < 4.78 is 18.5. The summed E-state index contributed by atoms with van der Waals surface area (Å²) in [6, 6.07) is 15.6. The van der Waals surface area contributed by atoms with Crippen molar-refractivity contribution < 1.29 is 13.6 Å². The molecule has 0 aliphatic carbocycles. The summed E-state index contributed by atoms with van der Waals surface area (Å²) in [6.07, 6.45) is 4.80. The summed E-state index contributed by atoms with van der Waals surface area (Å²) in [5, 5.41) is 2.80. The van der Waals surface area contributed by atoms with Gasteiger partial charge in [0, 0.05) is 30.9 Å². The highest BCUT2D eigenvalue weighted by atomic mass is 19.1. The smallest absolute Gasteiger partial charge is 0.229 e. The van der Waals surface area contributed by atoms with Gasteiger partial charge in [0.2, 0.25) is 5.91 Å². The summed E-state index contributed by atoms with van der Waals surface area (Å²) in [4.78, 5) is 23.6. The molecule has 0 bridgehead atoms. The van der Waals surface area contributed by atoms with E-state index in [9.17, 15) is 9.18 Å². The maximum absolute atomic E-state index is 13.3. The lowest BCUT2D eigenvalue weighted by Crippen LogP contribution is -2.16. The van der Waals surface area contributed by atoms with E-state index in [-0.39, 0.29) is 18.1 Å². The monoisotopic (exact) mass is 416 g/mol. The lowest BCUT2D eigenvalue weighted by molar-refractivity contribution is -0.115. The van der Waals surface area contributed by atoms with Crippen LogP contribution in [0.15, 0.2) is 77.7 Å². The van der Waals surface area contributed by atoms with Crippen LogP contribution in [0.3, 0.4) is 0 Å². The van der Waals surface area contributed by atoms with Gasteiger partial charge in [0.05, 0.1) is 30.8 Å². The predicted molar refractivity (Wildman–Crippen MR) is 118 cm³/mol. The Morgan fingerprint density at radius 3 is 2.39 bits per heavy atom. The highest BCUT2D eigenvalue weighted by Crippen LogP contribution is 2.30. The van der Waals surface area contributed by atoms with E-state index in [4.69, 9.17) is 4.42 Å². The van der Waals surface area contributed by atoms with Crippen LogP contribution in [0.4, 0.5) is 15.9 Å². The fourth-order valence-corrected chi connectivity index (χ4v) is 3.15. The highest BCUT2D eigenvalue weighted by Gasteiger charge is 2.15. The lowest BCUT2D eigenvalue weighted by Gasteiger charge is -2.13. The van der Waals surface area contributed by atoms with Crippen LogP contribution in [0.1, 0.15) is 5.56 Å². The molecule has 0 fully saturated rings. The van der Waals surface area contributed by atoms with E-state index in [0.717, 1.165) is 11.3 Å². The molecule has 31 heavy (non-hydrogen) atoms. The molecule has 2 aromatic carbocycles. The van der Waals surface area contributed by atoms with Crippen molar-refractivity contribution in [3.8, 4) is 22.5 Å². The number of hydrogen-bond donors (Lipinski definition) is 1. The molecule has 0 unspecified atom stereocenters. The van der Waals surface area contributed by atoms with Gasteiger partial charge in [-0.15, -0.1) is 0 Å². The Morgan fingerprint density at radius 1 is 1.00 bits per heavy atom. The van der Waals surface area contributed by atoms with Crippen molar-refractivity contribution in [2.75, 3.05) is 24.3 Å². The zero-order valence-corrected chi connectivity index (χ0v) is 17.2. The number of carbonyl (C=O) groups is 1. The molecule has 156 valence electrons. The van der Waals surface area contributed by atoms with E-state index < -0.39 is 0 Å². The predicted octanol–water partition coefficient (Wildman–Crippen LogP) is 4.79. The molecule has 1 amide bonds. The second kappa shape index (κ2) is 8.79. The largest absolute Gasteiger partial charge is 0.472 e. The van der Waals surface area contributed by atoms with Crippen LogP contribution in [0.2, 0.25) is 0 Å². The van der Waals surface area contributed by atoms with Crippen molar-refractivity contribution in [1.82, 2.24) is 9.97 Å². The summed E-state index contributed by atoms with van der Waals surface area (Å²) >= 11 is 0. The van der Waals surface area contributed by atoms with Crippen molar-refractivity contribution in [2.45, 2.75) is 6.42 Å². The minimum absolute atomic E-state index is 0.195. The molecular formula is C24H21FN4O2. The molecular weight excluding hydrogens is 395 g/mol. The van der Waals surface area contributed by atoms with Crippen LogP contribution in [0, 0.1) is 5.82 Å². The molecule has 4 aromatic rings. The Morgan fingerprint density at radius 2 is 1.74 bits per heavy atom. The minimum atomic E-state index is -0.330. The third-order valence-electron chi connectivity index (χ3n) is 4.77. The minimum Gasteiger partial charge on any atom is -0.472 e. The summed E-state index contributed by atoms with van der Waals surface area (Å²) in [7, 11) is 3.93. The van der Waals surface area contributed by atoms with Crippen LogP contribution < -0.4 is 10.2 Å². The van der Waals surface area contributed by atoms with Gasteiger partial charge in [-0.3, -0.25) is 9.78 Å². The molecule has 0 spiro atoms. The number of furan rings is 1. The van der Waals surface area contributed by atoms with Crippen molar-refractivity contribution in [1.29, 1.82) is 0 Å². The summed E-state index contributed by atoms with van der Waals surface area (Å²) in [5.74, 6) is -0.194. The van der Waals surface area contributed by atoms with Crippen LogP contribution in [-0.2, 0) is 11.2 Å². The number of carbonyl (C=O) groups excluding carboxylic acids is 1. The van der Waals surface area contributed by atoms with Gasteiger partial charge in [0.15, 0.2) is 5.82 Å². The Hall–Kier alpha value is -4.00. The first-order valence-electron chi connectivity index (χ1n) is 9.71. The van der Waals surface area contributed by atoms with Gasteiger partial charge in [-0.05, 0) is 48.0 Å². The van der Waals surface area contributed by atoms with Gasteiger partial charge < -0.3 is 14.6 Å². The van der Waals surface area contributed by atoms with E-state index in [2.05, 4.69) is 15.3 Å². The standard InChI is InChI=1S/C24H21FN4O2/c1-29(2)20-9-3-16(4-10-20)13-22(30)27-21-14-26-23(17-5-7-19(25)8-6-17)24(28-21)18-11-12-31-15-18/h3-12,14-15H,13H2,1-2H3,(H,27,28,30). The zero-order valence-electron chi connectivity index (χ0n) is 17.2. The van der Waals surface area contributed by atoms with Gasteiger partial charge in [0.1, 0.15) is 11.5 Å². The van der Waals surface area contributed by atoms with Gasteiger partial charge in [-0.1, -0.05) is 12.1 Å². The lowest BCUT2D eigenvalue weighted by atomic mass is 10.1. The van der Waals surface area contributed by atoms with E-state index in [0.29, 0.717) is 28.3 Å². The third kappa shape index (κ3) is 4.78. The number of halogens is 1. The molecule has 0 saturated heterocycles. The number of rotatable bonds is 6. The quantitative estimate of drug-likeness (QED) is 0.489. The van der Waals surface area contributed by atoms with Crippen molar-refractivity contribution >= 4 is 17.4 Å². The molecule has 0 atom stereocenters. The number of aromatic nitrogens is 2. The summed E-state index contributed by atoms with van der Waals surface area (Å²) in [5.41, 5.74) is 4.49. The van der Waals surface area contributed by atoms with Crippen molar-refractivity contribution in [3.63, 3.8) is 0 Å². The molecule has 2 aromatic heterocycles. The number of nitrogens with zero attached hydrogens (tertiary/aromatic N) is 3. The van der Waals surface area contributed by atoms with Crippen LogP contribution in [0.25, 0.3) is 22.5 Å². The zero-order chi connectivity index (χ0) is 21.8. The third-order valence-corrected chi connectivity index (χ3v) is 4.77. The Bertz CT molecular complexity index is 1170. The normalized spacial score (nSPS) is 10.7. The number of nitrogens with one attached hydrogen (secondary N) is 1. The number of anilines is 2. The molecule has 0 aliphatic rings. The van der Waals surface area contributed by atoms with Crippen molar-refractivity contribution in [3.05, 3.63) is 84.7 Å². The fraction of sp³-hybridized carbons (Fsp3) is 0.125. The molecule has 6 nitrogen and oxygen atoms in total. The Kier molecular flexibility index (Phi) is 5.75. The fourth-order valence-electron chi connectivity index (χ4n) is 3.15. The second-order valence-corrected chi connectivity index (χ2v) is 7.26. The first-order valence-corrected chi connectivity index (χ1v) is 9.71. The van der Waals surface area contributed by atoms with Gasteiger partial charge in [-0.25, -0.2) is 9.37 Å². The first-order chi connectivity index (χ1) is 15.0. The Balaban J connectivity index is 1.57. The number of amides is 1. The number of hydrogen-bond acceptors (Lipinski definition) is 5. The van der Waals surface area contributed by atoms with Crippen LogP contribution in [-0.4, -0.2) is 30.0 Å². The van der Waals surface area contributed by atoms with E-state index >= 15 is 0 Å². The van der Waals surface area contributed by atoms with E-state index in [1.165, 1.54) is 24.6 Å². The SMILES string of the molecule is CN(C)c1ccc(CC(=O)Nc2cnc(-c3ccc(F)cc3)c(-c3ccoc3)n2)cc1. The maximum Gasteiger partial charge on any atom is 0.229 e. The molecule has 7 heteroatoms. The first kappa shape index (κ1) is 20.3. The second-order valence-electron chi connectivity index (χ2n) is 7.26. The molecule has 1 N–H and O–H groups in total. The van der Waals surface area contributed by atoms with Crippen molar-refractivity contribution in [2.24, 2.45) is 0 Å². The summed E-state index contributed by atoms with van der Waals surface area (Å²) in [6.45, 7) is 0.